The number of amides is 1. The average molecular weight is 359 g/mol. The van der Waals surface area contributed by atoms with E-state index in [4.69, 9.17) is 8.85 Å². The Morgan fingerprint density at radius 3 is 1.77 bits per heavy atom. The van der Waals surface area contributed by atoms with E-state index in [1.54, 1.807) is 25.0 Å². The second-order valence-corrected chi connectivity index (χ2v) is 15.8. The fourth-order valence-electron chi connectivity index (χ4n) is 1.58. The summed E-state index contributed by atoms with van der Waals surface area (Å²) in [6.07, 6.45) is -5.99. The van der Waals surface area contributed by atoms with Crippen LogP contribution in [-0.2, 0) is 18.4 Å². The van der Waals surface area contributed by atoms with Crippen LogP contribution in [-0.4, -0.2) is 46.8 Å². The first-order valence-electron chi connectivity index (χ1n) is 6.81. The third-order valence-corrected chi connectivity index (χ3v) is 4.11. The Balaban J connectivity index is 5.23. The molecule has 0 aliphatic carbocycles. The smallest absolute Gasteiger partial charge is 0.471 e. The maximum atomic E-state index is 12.4. The largest absolute Gasteiger partial charge is 0.518 e. The van der Waals surface area contributed by atoms with Gasteiger partial charge in [0, 0.05) is 0 Å². The molecule has 1 amide bonds. The van der Waals surface area contributed by atoms with Gasteiger partial charge in [-0.15, -0.1) is 0 Å². The fourth-order valence-corrected chi connectivity index (χ4v) is 3.56. The molecule has 0 saturated heterocycles. The molecule has 1 N–H and O–H groups in total. The van der Waals surface area contributed by atoms with E-state index in [1.165, 1.54) is 6.92 Å². The fraction of sp³-hybridized carbons (Fsp3) is 0.833. The summed E-state index contributed by atoms with van der Waals surface area (Å²) in [5.74, 6) is -3.08. The van der Waals surface area contributed by atoms with Crippen LogP contribution in [0.15, 0.2) is 0 Å². The maximum Gasteiger partial charge on any atom is 0.471 e. The van der Waals surface area contributed by atoms with Crippen LogP contribution in [0.3, 0.4) is 0 Å². The van der Waals surface area contributed by atoms with Crippen molar-refractivity contribution in [1.82, 2.24) is 5.32 Å². The molecule has 0 aromatic carbocycles. The van der Waals surface area contributed by atoms with Crippen LogP contribution in [0.25, 0.3) is 0 Å². The van der Waals surface area contributed by atoms with E-state index < -0.39 is 46.8 Å². The van der Waals surface area contributed by atoms with Gasteiger partial charge >= 0.3 is 18.1 Å². The Kier molecular flexibility index (Phi) is 6.85. The number of rotatable bonds is 6. The van der Waals surface area contributed by atoms with Gasteiger partial charge in [-0.05, 0) is 46.2 Å². The van der Waals surface area contributed by atoms with Crippen molar-refractivity contribution in [2.75, 3.05) is 0 Å². The van der Waals surface area contributed by atoms with Crippen molar-refractivity contribution in [3.05, 3.63) is 0 Å². The molecule has 0 saturated carbocycles. The summed E-state index contributed by atoms with van der Waals surface area (Å²) in [6, 6.07) is -1.49. The lowest BCUT2D eigenvalue weighted by Gasteiger charge is -2.31. The molecular weight excluding hydrogens is 335 g/mol. The molecule has 10 heteroatoms. The number of carbonyl (C=O) groups is 2. The molecule has 22 heavy (non-hydrogen) atoms. The molecule has 0 bridgehead atoms. The quantitative estimate of drug-likeness (QED) is 0.741. The standard InChI is InChI=1S/C12H24F3NO4Si2/c1-8(19-21(2,3)4)9(10(17)20-22(5,6)7)16-11(18)12(13,14)15/h8-9H,1-7H3,(H,16,18)/t8-,9+/m1/s1. The van der Waals surface area contributed by atoms with E-state index >= 15 is 0 Å². The van der Waals surface area contributed by atoms with E-state index in [0.29, 0.717) is 0 Å². The zero-order valence-corrected chi connectivity index (χ0v) is 15.9. The molecular formula is C12H24F3NO4Si2. The van der Waals surface area contributed by atoms with Gasteiger partial charge in [-0.3, -0.25) is 9.59 Å². The Morgan fingerprint density at radius 1 is 1.00 bits per heavy atom. The van der Waals surface area contributed by atoms with Crippen molar-refractivity contribution >= 4 is 28.5 Å². The number of halogens is 3. The topological polar surface area (TPSA) is 64.6 Å². The third-order valence-electron chi connectivity index (χ3n) is 2.21. The van der Waals surface area contributed by atoms with Crippen molar-refractivity contribution in [2.45, 2.75) is 64.5 Å². The molecule has 130 valence electrons. The number of alkyl halides is 3. The lowest BCUT2D eigenvalue weighted by molar-refractivity contribution is -0.176. The van der Waals surface area contributed by atoms with Crippen LogP contribution in [0, 0.1) is 0 Å². The Labute approximate surface area is 130 Å². The molecule has 0 unspecified atom stereocenters. The van der Waals surface area contributed by atoms with E-state index in [2.05, 4.69) is 0 Å². The van der Waals surface area contributed by atoms with Crippen LogP contribution in [0.1, 0.15) is 6.92 Å². The molecule has 0 rings (SSSR count). The molecule has 0 aliphatic rings. The van der Waals surface area contributed by atoms with Crippen LogP contribution in [0.2, 0.25) is 39.3 Å². The molecule has 0 aromatic heterocycles. The minimum absolute atomic E-state index is 0.900. The highest BCUT2D eigenvalue weighted by atomic mass is 28.4. The van der Waals surface area contributed by atoms with Gasteiger partial charge < -0.3 is 14.2 Å². The van der Waals surface area contributed by atoms with Gasteiger partial charge in [0.2, 0.25) is 8.32 Å². The summed E-state index contributed by atoms with van der Waals surface area (Å²) in [4.78, 5) is 23.3. The molecule has 5 nitrogen and oxygen atoms in total. The highest BCUT2D eigenvalue weighted by molar-refractivity contribution is 6.71. The number of hydrogen-bond acceptors (Lipinski definition) is 4. The zero-order chi connectivity index (χ0) is 17.9. The molecule has 0 radical (unpaired) electrons. The van der Waals surface area contributed by atoms with Gasteiger partial charge in [0.1, 0.15) is 0 Å². The summed E-state index contributed by atoms with van der Waals surface area (Å²) in [6.45, 7) is 12.1. The Bertz CT molecular complexity index is 416. The van der Waals surface area contributed by atoms with Gasteiger partial charge in [0.25, 0.3) is 0 Å². The van der Waals surface area contributed by atoms with Crippen molar-refractivity contribution in [3.63, 3.8) is 0 Å². The zero-order valence-electron chi connectivity index (χ0n) is 13.9. The summed E-state index contributed by atoms with van der Waals surface area (Å²) in [5.41, 5.74) is 0. The normalized spacial score (nSPS) is 15.9. The second kappa shape index (κ2) is 7.13. The van der Waals surface area contributed by atoms with Gasteiger partial charge in [-0.2, -0.15) is 13.2 Å². The third kappa shape index (κ3) is 8.54. The van der Waals surface area contributed by atoms with Crippen molar-refractivity contribution in [2.24, 2.45) is 0 Å². The van der Waals surface area contributed by atoms with Crippen molar-refractivity contribution in [1.29, 1.82) is 0 Å². The molecule has 0 heterocycles. The van der Waals surface area contributed by atoms with E-state index in [9.17, 15) is 22.8 Å². The first-order chi connectivity index (χ1) is 9.53. The number of carbonyl (C=O) groups excluding carboxylic acids is 2. The molecule has 2 atom stereocenters. The SMILES string of the molecule is C[C@@H](O[Si](C)(C)C)[C@H](NC(=O)C(F)(F)F)C(=O)O[Si](C)(C)C. The lowest BCUT2D eigenvalue weighted by Crippen LogP contribution is -2.56. The van der Waals surface area contributed by atoms with Gasteiger partial charge in [0.15, 0.2) is 14.4 Å². The first-order valence-corrected chi connectivity index (χ1v) is 13.6. The van der Waals surface area contributed by atoms with E-state index in [-0.39, 0.29) is 0 Å². The van der Waals surface area contributed by atoms with E-state index in [0.717, 1.165) is 0 Å². The molecule has 0 spiro atoms. The lowest BCUT2D eigenvalue weighted by atomic mass is 10.2. The van der Waals surface area contributed by atoms with Crippen LogP contribution < -0.4 is 5.32 Å². The molecule has 0 aliphatic heterocycles. The predicted molar refractivity (Wildman–Crippen MR) is 81.3 cm³/mol. The van der Waals surface area contributed by atoms with Crippen LogP contribution >= 0.6 is 0 Å². The summed E-state index contributed by atoms with van der Waals surface area (Å²) >= 11 is 0. The van der Waals surface area contributed by atoms with Crippen LogP contribution in [0.4, 0.5) is 13.2 Å². The highest BCUT2D eigenvalue weighted by Gasteiger charge is 2.43. The summed E-state index contributed by atoms with van der Waals surface area (Å²) in [7, 11) is -4.42. The van der Waals surface area contributed by atoms with Crippen molar-refractivity contribution in [3.8, 4) is 0 Å². The summed E-state index contributed by atoms with van der Waals surface area (Å²) < 4.78 is 48.1. The van der Waals surface area contributed by atoms with E-state index in [1.807, 2.05) is 19.6 Å². The Morgan fingerprint density at radius 2 is 1.45 bits per heavy atom. The summed E-state index contributed by atoms with van der Waals surface area (Å²) in [5, 5.41) is 1.68. The average Bonchev–Trinajstić information content (AvgIpc) is 2.18. The van der Waals surface area contributed by atoms with Gasteiger partial charge in [0.05, 0.1) is 6.10 Å². The number of hydrogen-bond donors (Lipinski definition) is 1. The minimum Gasteiger partial charge on any atom is -0.518 e. The Hall–Kier alpha value is -0.876. The predicted octanol–water partition coefficient (Wildman–Crippen LogP) is 2.65. The van der Waals surface area contributed by atoms with Gasteiger partial charge in [-0.1, -0.05) is 0 Å². The maximum absolute atomic E-state index is 12.4. The van der Waals surface area contributed by atoms with Crippen molar-refractivity contribution < 1.29 is 31.6 Å². The highest BCUT2D eigenvalue weighted by Crippen LogP contribution is 2.18. The second-order valence-electron chi connectivity index (χ2n) is 6.92. The number of nitrogens with one attached hydrogen (secondary N) is 1. The monoisotopic (exact) mass is 359 g/mol. The van der Waals surface area contributed by atoms with Crippen LogP contribution in [0.5, 0.6) is 0 Å². The minimum atomic E-state index is -5.07. The molecule has 0 fully saturated rings. The molecule has 0 aromatic rings. The van der Waals surface area contributed by atoms with Gasteiger partial charge in [-0.25, -0.2) is 0 Å². The first kappa shape index (κ1) is 21.1.